The fourth-order valence-corrected chi connectivity index (χ4v) is 1.76. The molecule has 0 unspecified atom stereocenters. The Morgan fingerprint density at radius 1 is 1.35 bits per heavy atom. The van der Waals surface area contributed by atoms with Crippen molar-refractivity contribution < 1.29 is 14.4 Å². The lowest BCUT2D eigenvalue weighted by Crippen LogP contribution is -2.06. The monoisotopic (exact) mass is 272 g/mol. The number of rotatable bonds is 4. The lowest BCUT2D eigenvalue weighted by molar-refractivity contribution is 0.0691. The van der Waals surface area contributed by atoms with Gasteiger partial charge in [0.05, 0.1) is 0 Å². The second kappa shape index (κ2) is 4.88. The lowest BCUT2D eigenvalue weighted by atomic mass is 10.1. The number of carboxylic acids is 1. The molecule has 3 aromatic heterocycles. The molecule has 0 saturated carbocycles. The number of pyridine rings is 1. The van der Waals surface area contributed by atoms with E-state index in [1.165, 1.54) is 11.0 Å². The first-order chi connectivity index (χ1) is 9.75. The van der Waals surface area contributed by atoms with Crippen molar-refractivity contribution in [3.8, 4) is 11.3 Å². The van der Waals surface area contributed by atoms with Gasteiger partial charge < -0.3 is 9.63 Å². The van der Waals surface area contributed by atoms with Crippen LogP contribution in [0, 0.1) is 0 Å². The van der Waals surface area contributed by atoms with Crippen molar-refractivity contribution in [1.82, 2.24) is 30.1 Å². The minimum atomic E-state index is -1.16. The van der Waals surface area contributed by atoms with Gasteiger partial charge in [-0.15, -0.1) is 5.10 Å². The van der Waals surface area contributed by atoms with Gasteiger partial charge in [-0.05, 0) is 12.1 Å². The summed E-state index contributed by atoms with van der Waals surface area (Å²) in [6.45, 7) is 0.137. The van der Waals surface area contributed by atoms with Crippen LogP contribution in [0.1, 0.15) is 16.4 Å². The number of hydrogen-bond donors (Lipinski definition) is 1. The highest BCUT2D eigenvalue weighted by molar-refractivity contribution is 5.92. The van der Waals surface area contributed by atoms with Crippen LogP contribution in [0.3, 0.4) is 0 Å². The van der Waals surface area contributed by atoms with Crippen LogP contribution >= 0.6 is 0 Å². The van der Waals surface area contributed by atoms with Crippen LogP contribution in [0.4, 0.5) is 0 Å². The number of hydrogen-bond acceptors (Lipinski definition) is 7. The Morgan fingerprint density at radius 2 is 2.15 bits per heavy atom. The Bertz CT molecular complexity index is 722. The van der Waals surface area contributed by atoms with Crippen LogP contribution in [0.25, 0.3) is 11.3 Å². The van der Waals surface area contributed by atoms with E-state index in [-0.39, 0.29) is 12.2 Å². The molecule has 20 heavy (non-hydrogen) atoms. The highest BCUT2D eigenvalue weighted by Gasteiger charge is 2.21. The van der Waals surface area contributed by atoms with Crippen LogP contribution in [0.15, 0.2) is 35.4 Å². The zero-order chi connectivity index (χ0) is 13.9. The number of aromatic carboxylic acids is 1. The fraction of sp³-hybridized carbons (Fsp3) is 0.0909. The molecule has 100 valence electrons. The van der Waals surface area contributed by atoms with Crippen molar-refractivity contribution in [2.75, 3.05) is 0 Å². The predicted octanol–water partition coefficient (Wildman–Crippen LogP) is 0.470. The minimum Gasteiger partial charge on any atom is -0.476 e. The second-order valence-corrected chi connectivity index (χ2v) is 3.82. The molecule has 0 aliphatic carbocycles. The molecule has 0 saturated heterocycles. The molecule has 0 aliphatic rings. The van der Waals surface area contributed by atoms with E-state index in [0.717, 1.165) is 0 Å². The molecule has 0 amide bonds. The molecule has 9 nitrogen and oxygen atoms in total. The Balaban J connectivity index is 2.09. The molecule has 9 heteroatoms. The number of carboxylic acid groups (broad SMARTS) is 1. The van der Waals surface area contributed by atoms with Crippen LogP contribution in [-0.2, 0) is 6.54 Å². The summed E-state index contributed by atoms with van der Waals surface area (Å²) in [7, 11) is 0. The van der Waals surface area contributed by atoms with E-state index in [1.54, 1.807) is 24.5 Å². The average Bonchev–Trinajstić information content (AvgIpc) is 3.09. The molecule has 0 bridgehead atoms. The van der Waals surface area contributed by atoms with E-state index in [9.17, 15) is 9.90 Å². The summed E-state index contributed by atoms with van der Waals surface area (Å²) < 4.78 is 6.28. The Labute approximate surface area is 111 Å². The molecule has 3 rings (SSSR count). The number of carbonyl (C=O) groups is 1. The summed E-state index contributed by atoms with van der Waals surface area (Å²) in [5, 5.41) is 20.2. The zero-order valence-electron chi connectivity index (χ0n) is 10.0. The van der Waals surface area contributed by atoms with Gasteiger partial charge in [0.1, 0.15) is 12.2 Å². The van der Waals surface area contributed by atoms with E-state index in [0.29, 0.717) is 17.1 Å². The van der Waals surface area contributed by atoms with Gasteiger partial charge in [0.25, 0.3) is 0 Å². The van der Waals surface area contributed by atoms with Crippen molar-refractivity contribution in [1.29, 1.82) is 0 Å². The van der Waals surface area contributed by atoms with Crippen LogP contribution in [0.2, 0.25) is 0 Å². The van der Waals surface area contributed by atoms with Gasteiger partial charge in [0.15, 0.2) is 12.0 Å². The third-order valence-electron chi connectivity index (χ3n) is 2.58. The average molecular weight is 272 g/mol. The summed E-state index contributed by atoms with van der Waals surface area (Å²) in [6, 6.07) is 3.35. The maximum Gasteiger partial charge on any atom is 0.358 e. The highest BCUT2D eigenvalue weighted by Crippen LogP contribution is 2.22. The Kier molecular flexibility index (Phi) is 2.92. The van der Waals surface area contributed by atoms with E-state index in [2.05, 4.69) is 25.4 Å². The topological polar surface area (TPSA) is 120 Å². The van der Waals surface area contributed by atoms with Gasteiger partial charge in [0.2, 0.25) is 5.89 Å². The fourth-order valence-electron chi connectivity index (χ4n) is 1.76. The predicted molar refractivity (Wildman–Crippen MR) is 63.6 cm³/mol. The molecule has 0 aliphatic heterocycles. The van der Waals surface area contributed by atoms with E-state index in [4.69, 9.17) is 4.52 Å². The smallest absolute Gasteiger partial charge is 0.358 e. The Morgan fingerprint density at radius 3 is 2.80 bits per heavy atom. The minimum absolute atomic E-state index is 0.137. The van der Waals surface area contributed by atoms with E-state index in [1.807, 2.05) is 0 Å². The normalized spacial score (nSPS) is 10.6. The van der Waals surface area contributed by atoms with Crippen LogP contribution in [0.5, 0.6) is 0 Å². The molecular formula is C11H8N6O3. The van der Waals surface area contributed by atoms with Crippen molar-refractivity contribution in [2.24, 2.45) is 0 Å². The molecule has 3 heterocycles. The SMILES string of the molecule is O=C(O)c1nnn(Cc2ncno2)c1-c1ccncc1. The van der Waals surface area contributed by atoms with Gasteiger partial charge >= 0.3 is 5.97 Å². The van der Waals surface area contributed by atoms with Crippen molar-refractivity contribution in [3.05, 3.63) is 42.4 Å². The van der Waals surface area contributed by atoms with Crippen LogP contribution < -0.4 is 0 Å². The summed E-state index contributed by atoms with van der Waals surface area (Å²) in [5.41, 5.74) is 0.857. The summed E-state index contributed by atoms with van der Waals surface area (Å²) in [6.07, 6.45) is 4.38. The molecule has 0 fully saturated rings. The summed E-state index contributed by atoms with van der Waals surface area (Å²) in [4.78, 5) is 19.0. The van der Waals surface area contributed by atoms with Crippen molar-refractivity contribution in [3.63, 3.8) is 0 Å². The summed E-state index contributed by atoms with van der Waals surface area (Å²) >= 11 is 0. The molecule has 0 spiro atoms. The van der Waals surface area contributed by atoms with Gasteiger partial charge in [-0.2, -0.15) is 4.98 Å². The molecule has 0 aromatic carbocycles. The first-order valence-electron chi connectivity index (χ1n) is 5.58. The number of aromatic nitrogens is 6. The quantitative estimate of drug-likeness (QED) is 0.727. The zero-order valence-corrected chi connectivity index (χ0v) is 10.0. The standard InChI is InChI=1S/C11H8N6O3/c18-11(19)9-10(7-1-3-12-4-2-7)17(16-15-9)5-8-13-6-14-20-8/h1-4,6H,5H2,(H,18,19). The first kappa shape index (κ1) is 12.0. The largest absolute Gasteiger partial charge is 0.476 e. The van der Waals surface area contributed by atoms with Gasteiger partial charge in [0, 0.05) is 18.0 Å². The van der Waals surface area contributed by atoms with Crippen molar-refractivity contribution >= 4 is 5.97 Å². The molecule has 0 radical (unpaired) electrons. The van der Waals surface area contributed by atoms with Gasteiger partial charge in [-0.1, -0.05) is 10.4 Å². The first-order valence-corrected chi connectivity index (χ1v) is 5.58. The van der Waals surface area contributed by atoms with Crippen molar-refractivity contribution in [2.45, 2.75) is 6.54 Å². The summed E-state index contributed by atoms with van der Waals surface area (Å²) in [5.74, 6) is -0.851. The van der Waals surface area contributed by atoms with Gasteiger partial charge in [-0.25, -0.2) is 9.48 Å². The van der Waals surface area contributed by atoms with E-state index < -0.39 is 5.97 Å². The van der Waals surface area contributed by atoms with E-state index >= 15 is 0 Å². The van der Waals surface area contributed by atoms with Gasteiger partial charge in [-0.3, -0.25) is 4.98 Å². The molecule has 0 atom stereocenters. The molecular weight excluding hydrogens is 264 g/mol. The Hall–Kier alpha value is -3.10. The second-order valence-electron chi connectivity index (χ2n) is 3.82. The maximum atomic E-state index is 11.2. The maximum absolute atomic E-state index is 11.2. The molecule has 3 aromatic rings. The number of nitrogens with zero attached hydrogens (tertiary/aromatic N) is 6. The highest BCUT2D eigenvalue weighted by atomic mass is 16.5. The molecule has 1 N–H and O–H groups in total. The third-order valence-corrected chi connectivity index (χ3v) is 2.58. The van der Waals surface area contributed by atoms with Crippen LogP contribution in [-0.4, -0.2) is 41.2 Å². The lowest BCUT2D eigenvalue weighted by Gasteiger charge is -2.04. The third kappa shape index (κ3) is 2.11.